The zero-order valence-corrected chi connectivity index (χ0v) is 21.3. The molecular formula is C24H24BrN3O5S. The highest BCUT2D eigenvalue weighted by atomic mass is 79.9. The third-order valence-electron chi connectivity index (χ3n) is 4.83. The van der Waals surface area contributed by atoms with Crippen molar-refractivity contribution in [3.63, 3.8) is 0 Å². The van der Waals surface area contributed by atoms with Crippen molar-refractivity contribution < 1.29 is 22.7 Å². The van der Waals surface area contributed by atoms with E-state index in [0.717, 1.165) is 9.87 Å². The number of rotatable bonds is 9. The van der Waals surface area contributed by atoms with Crippen molar-refractivity contribution in [3.8, 4) is 11.5 Å². The van der Waals surface area contributed by atoms with Gasteiger partial charge in [0.05, 0.1) is 31.0 Å². The number of hydrogen-bond acceptors (Lipinski definition) is 6. The highest BCUT2D eigenvalue weighted by molar-refractivity contribution is 9.10. The van der Waals surface area contributed by atoms with Gasteiger partial charge in [-0.3, -0.25) is 9.10 Å². The topological polar surface area (TPSA) is 97.3 Å². The minimum absolute atomic E-state index is 0.0809. The number of ether oxygens (including phenoxy) is 2. The standard InChI is InChI=1S/C24H24BrN3O5S/c1-17-7-11-22(12-8-17)34(30,31)28(20-6-4-5-19(25)13-20)16-24(29)27-26-15-18-9-10-21(32-2)14-23(18)33-3/h4-15H,16H2,1-3H3,(H,27,29)/b26-15-. The van der Waals surface area contributed by atoms with Crippen LogP contribution in [0.25, 0.3) is 0 Å². The fraction of sp³-hybridized carbons (Fsp3) is 0.167. The van der Waals surface area contributed by atoms with Crippen LogP contribution in [-0.4, -0.2) is 41.3 Å². The summed E-state index contributed by atoms with van der Waals surface area (Å²) in [5, 5.41) is 3.96. The van der Waals surface area contributed by atoms with Gasteiger partial charge in [0, 0.05) is 16.1 Å². The van der Waals surface area contributed by atoms with E-state index in [1.165, 1.54) is 25.5 Å². The first-order chi connectivity index (χ1) is 16.2. The van der Waals surface area contributed by atoms with E-state index in [-0.39, 0.29) is 4.90 Å². The number of sulfonamides is 1. The molecule has 0 aliphatic rings. The summed E-state index contributed by atoms with van der Waals surface area (Å²) in [6.45, 7) is 1.40. The predicted octanol–water partition coefficient (Wildman–Crippen LogP) is 4.12. The molecule has 34 heavy (non-hydrogen) atoms. The van der Waals surface area contributed by atoms with Crippen LogP contribution in [0.2, 0.25) is 0 Å². The van der Waals surface area contributed by atoms with Crippen molar-refractivity contribution in [2.24, 2.45) is 5.10 Å². The summed E-state index contributed by atoms with van der Waals surface area (Å²) in [6.07, 6.45) is 1.41. The summed E-state index contributed by atoms with van der Waals surface area (Å²) in [6, 6.07) is 18.3. The SMILES string of the molecule is COc1ccc(/C=N\NC(=O)CN(c2cccc(Br)c2)S(=O)(=O)c2ccc(C)cc2)c(OC)c1. The first-order valence-electron chi connectivity index (χ1n) is 10.1. The van der Waals surface area contributed by atoms with Crippen LogP contribution in [0.4, 0.5) is 5.69 Å². The average Bonchev–Trinajstić information content (AvgIpc) is 2.82. The molecule has 0 heterocycles. The molecule has 0 atom stereocenters. The van der Waals surface area contributed by atoms with Gasteiger partial charge < -0.3 is 9.47 Å². The Morgan fingerprint density at radius 2 is 1.79 bits per heavy atom. The Morgan fingerprint density at radius 3 is 2.44 bits per heavy atom. The van der Waals surface area contributed by atoms with E-state index in [0.29, 0.717) is 27.2 Å². The summed E-state index contributed by atoms with van der Waals surface area (Å²) in [4.78, 5) is 12.8. The van der Waals surface area contributed by atoms with Gasteiger partial charge in [-0.05, 0) is 49.4 Å². The highest BCUT2D eigenvalue weighted by Crippen LogP contribution is 2.26. The summed E-state index contributed by atoms with van der Waals surface area (Å²) in [5.41, 5.74) is 4.26. The second-order valence-electron chi connectivity index (χ2n) is 7.21. The number of hydrazone groups is 1. The number of benzene rings is 3. The summed E-state index contributed by atoms with van der Waals surface area (Å²) in [5.74, 6) is 0.512. The van der Waals surface area contributed by atoms with Gasteiger partial charge in [0.25, 0.3) is 15.9 Å². The minimum atomic E-state index is -4.01. The first-order valence-corrected chi connectivity index (χ1v) is 12.4. The Kier molecular flexibility index (Phi) is 8.30. The van der Waals surface area contributed by atoms with Crippen molar-refractivity contribution in [3.05, 3.63) is 82.3 Å². The van der Waals surface area contributed by atoms with E-state index in [4.69, 9.17) is 9.47 Å². The Hall–Kier alpha value is -3.37. The van der Waals surface area contributed by atoms with Crippen LogP contribution in [0.1, 0.15) is 11.1 Å². The maximum atomic E-state index is 13.4. The maximum Gasteiger partial charge on any atom is 0.264 e. The molecule has 1 N–H and O–H groups in total. The number of nitrogens with zero attached hydrogens (tertiary/aromatic N) is 2. The van der Waals surface area contributed by atoms with Crippen LogP contribution in [0.15, 0.2) is 81.2 Å². The molecule has 3 rings (SSSR count). The van der Waals surface area contributed by atoms with Gasteiger partial charge in [0.2, 0.25) is 0 Å². The lowest BCUT2D eigenvalue weighted by atomic mass is 10.2. The fourth-order valence-corrected chi connectivity index (χ4v) is 4.85. The van der Waals surface area contributed by atoms with Gasteiger partial charge in [0.15, 0.2) is 0 Å². The molecule has 0 radical (unpaired) electrons. The van der Waals surface area contributed by atoms with Gasteiger partial charge in [-0.15, -0.1) is 0 Å². The van der Waals surface area contributed by atoms with E-state index in [2.05, 4.69) is 26.5 Å². The third kappa shape index (κ3) is 6.15. The minimum Gasteiger partial charge on any atom is -0.497 e. The number of carbonyl (C=O) groups is 1. The second-order valence-corrected chi connectivity index (χ2v) is 9.98. The van der Waals surface area contributed by atoms with E-state index < -0.39 is 22.5 Å². The molecule has 1 amide bonds. The van der Waals surface area contributed by atoms with Crippen LogP contribution in [0.3, 0.4) is 0 Å². The molecular weight excluding hydrogens is 522 g/mol. The lowest BCUT2D eigenvalue weighted by molar-refractivity contribution is -0.119. The molecule has 0 spiro atoms. The smallest absolute Gasteiger partial charge is 0.264 e. The molecule has 8 nitrogen and oxygen atoms in total. The molecule has 0 bridgehead atoms. The molecule has 0 unspecified atom stereocenters. The van der Waals surface area contributed by atoms with Gasteiger partial charge >= 0.3 is 0 Å². The van der Waals surface area contributed by atoms with Crippen molar-refractivity contribution in [1.29, 1.82) is 0 Å². The van der Waals surface area contributed by atoms with E-state index in [1.807, 2.05) is 6.92 Å². The second kappa shape index (κ2) is 11.2. The molecule has 0 aliphatic carbocycles. The molecule has 3 aromatic rings. The van der Waals surface area contributed by atoms with Crippen LogP contribution in [0.5, 0.6) is 11.5 Å². The third-order valence-corrected chi connectivity index (χ3v) is 7.11. The highest BCUT2D eigenvalue weighted by Gasteiger charge is 2.27. The van der Waals surface area contributed by atoms with Gasteiger partial charge in [-0.2, -0.15) is 5.10 Å². The normalized spacial score (nSPS) is 11.3. The number of aryl methyl sites for hydroxylation is 1. The fourth-order valence-electron chi connectivity index (χ4n) is 3.05. The summed E-state index contributed by atoms with van der Waals surface area (Å²) < 4.78 is 39.0. The molecule has 0 fully saturated rings. The largest absolute Gasteiger partial charge is 0.497 e. The molecule has 0 aliphatic heterocycles. The number of methoxy groups -OCH3 is 2. The molecule has 178 valence electrons. The van der Waals surface area contributed by atoms with Gasteiger partial charge in [-0.1, -0.05) is 39.7 Å². The summed E-state index contributed by atoms with van der Waals surface area (Å²) in [7, 11) is -0.956. The number of hydrogen-bond donors (Lipinski definition) is 1. The van der Waals surface area contributed by atoms with Gasteiger partial charge in [0.1, 0.15) is 18.0 Å². The van der Waals surface area contributed by atoms with Crippen LogP contribution >= 0.6 is 15.9 Å². The quantitative estimate of drug-likeness (QED) is 0.322. The monoisotopic (exact) mass is 545 g/mol. The predicted molar refractivity (Wildman–Crippen MR) is 135 cm³/mol. The maximum absolute atomic E-state index is 13.4. The lowest BCUT2D eigenvalue weighted by Gasteiger charge is -2.24. The van der Waals surface area contributed by atoms with Gasteiger partial charge in [-0.25, -0.2) is 13.8 Å². The molecule has 10 heteroatoms. The van der Waals surface area contributed by atoms with E-state index >= 15 is 0 Å². The van der Waals surface area contributed by atoms with Crippen LogP contribution in [-0.2, 0) is 14.8 Å². The zero-order chi connectivity index (χ0) is 24.7. The van der Waals surface area contributed by atoms with Crippen molar-refractivity contribution in [2.45, 2.75) is 11.8 Å². The molecule has 0 aromatic heterocycles. The zero-order valence-electron chi connectivity index (χ0n) is 18.9. The Bertz CT molecular complexity index is 1290. The number of amides is 1. The van der Waals surface area contributed by atoms with E-state index in [1.54, 1.807) is 61.7 Å². The Morgan fingerprint density at radius 1 is 1.06 bits per heavy atom. The first kappa shape index (κ1) is 25.3. The summed E-state index contributed by atoms with van der Waals surface area (Å²) >= 11 is 3.35. The number of carbonyl (C=O) groups excluding carboxylic acids is 1. The van der Waals surface area contributed by atoms with Crippen molar-refractivity contribution in [2.75, 3.05) is 25.1 Å². The van der Waals surface area contributed by atoms with Crippen molar-refractivity contribution >= 4 is 43.8 Å². The lowest BCUT2D eigenvalue weighted by Crippen LogP contribution is -2.39. The number of nitrogens with one attached hydrogen (secondary N) is 1. The van der Waals surface area contributed by atoms with Crippen LogP contribution in [0, 0.1) is 6.92 Å². The Balaban J connectivity index is 1.83. The van der Waals surface area contributed by atoms with Crippen molar-refractivity contribution in [1.82, 2.24) is 5.43 Å². The Labute approximate surface area is 207 Å². The number of halogens is 1. The molecule has 3 aromatic carbocycles. The van der Waals surface area contributed by atoms with E-state index in [9.17, 15) is 13.2 Å². The molecule has 0 saturated heterocycles. The number of anilines is 1. The van der Waals surface area contributed by atoms with Crippen LogP contribution < -0.4 is 19.2 Å². The average molecular weight is 546 g/mol. The molecule has 0 saturated carbocycles.